The van der Waals surface area contributed by atoms with E-state index in [9.17, 15) is 14.4 Å². The molecule has 1 aliphatic heterocycles. The fourth-order valence-corrected chi connectivity index (χ4v) is 3.19. The smallest absolute Gasteiger partial charge is 0.328 e. The van der Waals surface area contributed by atoms with Crippen molar-refractivity contribution in [3.05, 3.63) is 35.9 Å². The molecule has 1 saturated heterocycles. The van der Waals surface area contributed by atoms with Crippen LogP contribution in [0.2, 0.25) is 0 Å². The molecule has 1 aliphatic rings. The first-order valence-corrected chi connectivity index (χ1v) is 9.39. The highest BCUT2D eigenvalue weighted by Gasteiger charge is 2.31. The van der Waals surface area contributed by atoms with Crippen molar-refractivity contribution in [1.29, 1.82) is 0 Å². The normalized spacial score (nSPS) is 15.7. The molecule has 1 aromatic carbocycles. The van der Waals surface area contributed by atoms with Crippen LogP contribution in [0, 0.1) is 5.92 Å². The lowest BCUT2D eigenvalue weighted by Crippen LogP contribution is -2.50. The molecule has 148 valence electrons. The third-order valence-electron chi connectivity index (χ3n) is 4.69. The summed E-state index contributed by atoms with van der Waals surface area (Å²) in [6, 6.07) is 8.80. The van der Waals surface area contributed by atoms with Crippen molar-refractivity contribution < 1.29 is 19.1 Å². The SMILES string of the molecule is CCOC(=O)C(Cc1ccccc1)NC(=O)C1CCN(C(=O)N(C)C)CC1. The number of carbonyl (C=O) groups is 3. The number of piperidine rings is 1. The lowest BCUT2D eigenvalue weighted by molar-refractivity contribution is -0.148. The number of amides is 3. The quantitative estimate of drug-likeness (QED) is 0.767. The van der Waals surface area contributed by atoms with Crippen LogP contribution in [0.15, 0.2) is 30.3 Å². The number of benzene rings is 1. The molecule has 1 unspecified atom stereocenters. The molecule has 0 aromatic heterocycles. The number of nitrogens with zero attached hydrogens (tertiary/aromatic N) is 2. The molecule has 1 heterocycles. The van der Waals surface area contributed by atoms with Gasteiger partial charge in [0.2, 0.25) is 5.91 Å². The second kappa shape index (κ2) is 9.94. The molecule has 0 bridgehead atoms. The Morgan fingerprint density at radius 2 is 1.81 bits per heavy atom. The summed E-state index contributed by atoms with van der Waals surface area (Å²) in [7, 11) is 3.43. The number of urea groups is 1. The monoisotopic (exact) mass is 375 g/mol. The predicted molar refractivity (Wildman–Crippen MR) is 102 cm³/mol. The Balaban J connectivity index is 1.95. The highest BCUT2D eigenvalue weighted by Crippen LogP contribution is 2.19. The maximum absolute atomic E-state index is 12.7. The number of carbonyl (C=O) groups excluding carboxylic acids is 3. The molecule has 7 nitrogen and oxygen atoms in total. The Bertz CT molecular complexity index is 640. The van der Waals surface area contributed by atoms with E-state index in [1.807, 2.05) is 30.3 Å². The average molecular weight is 375 g/mol. The zero-order valence-electron chi connectivity index (χ0n) is 16.3. The molecule has 2 rings (SSSR count). The maximum Gasteiger partial charge on any atom is 0.328 e. The molecule has 0 spiro atoms. The van der Waals surface area contributed by atoms with Gasteiger partial charge in [-0.25, -0.2) is 9.59 Å². The van der Waals surface area contributed by atoms with Crippen molar-refractivity contribution in [2.24, 2.45) is 5.92 Å². The zero-order chi connectivity index (χ0) is 19.8. The lowest BCUT2D eigenvalue weighted by Gasteiger charge is -2.33. The number of nitrogens with one attached hydrogen (secondary N) is 1. The molecule has 3 amide bonds. The minimum Gasteiger partial charge on any atom is -0.464 e. The van der Waals surface area contributed by atoms with Gasteiger partial charge in [0.25, 0.3) is 0 Å². The standard InChI is InChI=1S/C20H29N3O4/c1-4-27-19(25)17(14-15-8-6-5-7-9-15)21-18(24)16-10-12-23(13-11-16)20(26)22(2)3/h5-9,16-17H,4,10-14H2,1-3H3,(H,21,24). The first kappa shape index (κ1) is 20.7. The van der Waals surface area contributed by atoms with E-state index < -0.39 is 12.0 Å². The first-order valence-electron chi connectivity index (χ1n) is 9.39. The van der Waals surface area contributed by atoms with Crippen LogP contribution in [-0.2, 0) is 20.7 Å². The number of rotatable bonds is 6. The molecular weight excluding hydrogens is 346 g/mol. The number of hydrogen-bond donors (Lipinski definition) is 1. The van der Waals surface area contributed by atoms with Crippen LogP contribution in [0.3, 0.4) is 0 Å². The van der Waals surface area contributed by atoms with Crippen molar-refractivity contribution in [1.82, 2.24) is 15.1 Å². The van der Waals surface area contributed by atoms with E-state index in [4.69, 9.17) is 4.74 Å². The van der Waals surface area contributed by atoms with Crippen LogP contribution in [0.1, 0.15) is 25.3 Å². The number of likely N-dealkylation sites (tertiary alicyclic amines) is 1. The summed E-state index contributed by atoms with van der Waals surface area (Å²) < 4.78 is 5.13. The van der Waals surface area contributed by atoms with Crippen LogP contribution in [0.4, 0.5) is 4.79 Å². The van der Waals surface area contributed by atoms with Crippen LogP contribution in [0.25, 0.3) is 0 Å². The van der Waals surface area contributed by atoms with Gasteiger partial charge < -0.3 is 19.9 Å². The van der Waals surface area contributed by atoms with Gasteiger partial charge in [0, 0.05) is 39.5 Å². The summed E-state index contributed by atoms with van der Waals surface area (Å²) >= 11 is 0. The van der Waals surface area contributed by atoms with Gasteiger partial charge in [0.15, 0.2) is 0 Å². The van der Waals surface area contributed by atoms with Crippen molar-refractivity contribution in [3.63, 3.8) is 0 Å². The summed E-state index contributed by atoms with van der Waals surface area (Å²) in [5.74, 6) is -0.778. The van der Waals surface area contributed by atoms with Crippen LogP contribution >= 0.6 is 0 Å². The van der Waals surface area contributed by atoms with Crippen molar-refractivity contribution >= 4 is 17.9 Å². The van der Waals surface area contributed by atoms with E-state index in [2.05, 4.69) is 5.32 Å². The summed E-state index contributed by atoms with van der Waals surface area (Å²) in [6.07, 6.45) is 1.57. The molecular formula is C20H29N3O4. The van der Waals surface area contributed by atoms with Crippen molar-refractivity contribution in [2.75, 3.05) is 33.8 Å². The third kappa shape index (κ3) is 5.98. The van der Waals surface area contributed by atoms with Gasteiger partial charge >= 0.3 is 12.0 Å². The second-order valence-corrected chi connectivity index (χ2v) is 6.94. The third-order valence-corrected chi connectivity index (χ3v) is 4.69. The lowest BCUT2D eigenvalue weighted by atomic mass is 9.95. The molecule has 1 fully saturated rings. The average Bonchev–Trinajstić information content (AvgIpc) is 2.67. The minimum atomic E-state index is -0.707. The molecule has 1 N–H and O–H groups in total. The van der Waals surface area contributed by atoms with E-state index in [0.29, 0.717) is 32.4 Å². The highest BCUT2D eigenvalue weighted by molar-refractivity contribution is 5.86. The molecule has 7 heteroatoms. The maximum atomic E-state index is 12.7. The Labute approximate surface area is 160 Å². The first-order chi connectivity index (χ1) is 12.9. The van der Waals surface area contributed by atoms with Gasteiger partial charge in [-0.3, -0.25) is 4.79 Å². The van der Waals surface area contributed by atoms with E-state index in [-0.39, 0.29) is 24.5 Å². The molecule has 0 radical (unpaired) electrons. The number of hydrogen-bond acceptors (Lipinski definition) is 4. The Morgan fingerprint density at radius 1 is 1.19 bits per heavy atom. The van der Waals surface area contributed by atoms with Gasteiger partial charge in [-0.15, -0.1) is 0 Å². The van der Waals surface area contributed by atoms with Crippen LogP contribution in [-0.4, -0.2) is 67.5 Å². The predicted octanol–water partition coefficient (Wildman–Crippen LogP) is 1.67. The van der Waals surface area contributed by atoms with Crippen molar-refractivity contribution in [3.8, 4) is 0 Å². The summed E-state index contributed by atoms with van der Waals surface area (Å²) in [5.41, 5.74) is 0.960. The molecule has 1 aromatic rings. The van der Waals surface area contributed by atoms with Gasteiger partial charge in [-0.2, -0.15) is 0 Å². The fraction of sp³-hybridized carbons (Fsp3) is 0.550. The molecule has 1 atom stereocenters. The van der Waals surface area contributed by atoms with Crippen molar-refractivity contribution in [2.45, 2.75) is 32.2 Å². The Kier molecular flexibility index (Phi) is 7.64. The van der Waals surface area contributed by atoms with Crippen LogP contribution < -0.4 is 5.32 Å². The Hall–Kier alpha value is -2.57. The zero-order valence-corrected chi connectivity index (χ0v) is 16.3. The summed E-state index contributed by atoms with van der Waals surface area (Å²) in [5, 5.41) is 2.86. The molecule has 0 saturated carbocycles. The fourth-order valence-electron chi connectivity index (χ4n) is 3.19. The molecule has 27 heavy (non-hydrogen) atoms. The topological polar surface area (TPSA) is 79.0 Å². The number of ether oxygens (including phenoxy) is 1. The van der Waals surface area contributed by atoms with Gasteiger partial charge in [-0.1, -0.05) is 30.3 Å². The minimum absolute atomic E-state index is 0.0395. The number of esters is 1. The van der Waals surface area contributed by atoms with E-state index in [0.717, 1.165) is 5.56 Å². The van der Waals surface area contributed by atoms with Gasteiger partial charge in [-0.05, 0) is 25.3 Å². The largest absolute Gasteiger partial charge is 0.464 e. The van der Waals surface area contributed by atoms with Crippen LogP contribution in [0.5, 0.6) is 0 Å². The Morgan fingerprint density at radius 3 is 2.37 bits per heavy atom. The van der Waals surface area contributed by atoms with Gasteiger partial charge in [0.1, 0.15) is 6.04 Å². The highest BCUT2D eigenvalue weighted by atomic mass is 16.5. The second-order valence-electron chi connectivity index (χ2n) is 6.94. The molecule has 0 aliphatic carbocycles. The van der Waals surface area contributed by atoms with E-state index >= 15 is 0 Å². The van der Waals surface area contributed by atoms with Gasteiger partial charge in [0.05, 0.1) is 6.61 Å². The van der Waals surface area contributed by atoms with E-state index in [1.54, 1.807) is 25.9 Å². The summed E-state index contributed by atoms with van der Waals surface area (Å²) in [4.78, 5) is 40.3. The van der Waals surface area contributed by atoms with E-state index in [1.165, 1.54) is 4.90 Å². The summed E-state index contributed by atoms with van der Waals surface area (Å²) in [6.45, 7) is 3.09.